The normalized spacial score (nSPS) is 25.4. The van der Waals surface area contributed by atoms with Gasteiger partial charge in [0.25, 0.3) is 0 Å². The molecule has 2 aliphatic rings. The predicted octanol–water partition coefficient (Wildman–Crippen LogP) is 2.23. The van der Waals surface area contributed by atoms with Gasteiger partial charge in [-0.2, -0.15) is 5.26 Å². The first-order chi connectivity index (χ1) is 13.5. The zero-order valence-electron chi connectivity index (χ0n) is 15.9. The van der Waals surface area contributed by atoms with E-state index < -0.39 is 12.1 Å². The van der Waals surface area contributed by atoms with Crippen LogP contribution in [0.1, 0.15) is 31.7 Å². The number of carboxylic acids is 1. The zero-order chi connectivity index (χ0) is 20.1. The van der Waals surface area contributed by atoms with Gasteiger partial charge in [-0.3, -0.25) is 9.80 Å². The molecule has 28 heavy (non-hydrogen) atoms. The van der Waals surface area contributed by atoms with Crippen LogP contribution in [0.2, 0.25) is 0 Å². The lowest BCUT2D eigenvalue weighted by molar-refractivity contribution is -0.147. The molecular weight excluding hydrogens is 362 g/mol. The molecule has 1 N–H and O–H groups in total. The third-order valence-electron chi connectivity index (χ3n) is 5.29. The fraction of sp³-hybridized carbons (Fsp3) is 0.550. The van der Waals surface area contributed by atoms with Gasteiger partial charge < -0.3 is 14.6 Å². The van der Waals surface area contributed by atoms with E-state index in [1.54, 1.807) is 29.2 Å². The zero-order valence-corrected chi connectivity index (χ0v) is 15.9. The lowest BCUT2D eigenvalue weighted by Crippen LogP contribution is -2.52. The van der Waals surface area contributed by atoms with Crippen LogP contribution < -0.4 is 4.90 Å². The Morgan fingerprint density at radius 3 is 2.79 bits per heavy atom. The minimum Gasteiger partial charge on any atom is -0.480 e. The largest absolute Gasteiger partial charge is 0.480 e. The van der Waals surface area contributed by atoms with Crippen LogP contribution in [0, 0.1) is 11.3 Å². The summed E-state index contributed by atoms with van der Waals surface area (Å²) in [6, 6.07) is 9.01. The van der Waals surface area contributed by atoms with Crippen LogP contribution in [0.25, 0.3) is 0 Å². The predicted molar refractivity (Wildman–Crippen MR) is 101 cm³/mol. The summed E-state index contributed by atoms with van der Waals surface area (Å²) in [5.41, 5.74) is 1.25. The van der Waals surface area contributed by atoms with E-state index in [-0.39, 0.29) is 24.9 Å². The molecule has 3 unspecified atom stereocenters. The van der Waals surface area contributed by atoms with Crippen LogP contribution in [-0.4, -0.2) is 66.6 Å². The molecule has 2 saturated heterocycles. The number of rotatable bonds is 7. The smallest absolute Gasteiger partial charge is 0.414 e. The number of benzene rings is 1. The quantitative estimate of drug-likeness (QED) is 0.765. The number of anilines is 1. The molecule has 8 nitrogen and oxygen atoms in total. The molecule has 0 aliphatic carbocycles. The van der Waals surface area contributed by atoms with E-state index in [2.05, 4.69) is 17.9 Å². The van der Waals surface area contributed by atoms with Crippen molar-refractivity contribution in [3.05, 3.63) is 29.8 Å². The summed E-state index contributed by atoms with van der Waals surface area (Å²) in [6.45, 7) is 3.67. The van der Waals surface area contributed by atoms with Crippen LogP contribution >= 0.6 is 0 Å². The SMILES string of the molecule is CCC1C(OCC(=O)O)CCCN1CC1CN(c2ccc(C#N)cc2)C(=O)O1. The van der Waals surface area contributed by atoms with Gasteiger partial charge in [0.15, 0.2) is 0 Å². The Bertz CT molecular complexity index is 745. The molecule has 0 aromatic heterocycles. The van der Waals surface area contributed by atoms with E-state index in [4.69, 9.17) is 19.8 Å². The van der Waals surface area contributed by atoms with Crippen molar-refractivity contribution in [2.24, 2.45) is 0 Å². The maximum Gasteiger partial charge on any atom is 0.414 e. The fourth-order valence-corrected chi connectivity index (χ4v) is 4.01. The number of carbonyl (C=O) groups is 2. The first-order valence-corrected chi connectivity index (χ1v) is 9.57. The standard InChI is InChI=1S/C20H25N3O5/c1-2-17-18(27-13-19(24)25)4-3-9-22(17)11-16-12-23(20(26)28-16)15-7-5-14(10-21)6-8-15/h5-8,16-18H,2-4,9,11-13H2,1H3,(H,24,25). The van der Waals surface area contributed by atoms with Gasteiger partial charge in [-0.05, 0) is 50.1 Å². The highest BCUT2D eigenvalue weighted by Gasteiger charge is 2.37. The average molecular weight is 387 g/mol. The Balaban J connectivity index is 1.61. The van der Waals surface area contributed by atoms with Crippen molar-refractivity contribution in [2.75, 3.05) is 31.1 Å². The first kappa shape index (κ1) is 20.1. The van der Waals surface area contributed by atoms with E-state index in [1.165, 1.54) is 0 Å². The highest BCUT2D eigenvalue weighted by atomic mass is 16.6. The summed E-state index contributed by atoms with van der Waals surface area (Å²) in [5.74, 6) is -0.963. The van der Waals surface area contributed by atoms with Gasteiger partial charge >= 0.3 is 12.1 Å². The molecule has 1 amide bonds. The van der Waals surface area contributed by atoms with Gasteiger partial charge in [-0.15, -0.1) is 0 Å². The summed E-state index contributed by atoms with van der Waals surface area (Å²) in [7, 11) is 0. The lowest BCUT2D eigenvalue weighted by Gasteiger charge is -2.41. The number of hydrogen-bond acceptors (Lipinski definition) is 6. The first-order valence-electron chi connectivity index (χ1n) is 9.57. The molecule has 0 spiro atoms. The van der Waals surface area contributed by atoms with Gasteiger partial charge in [0.05, 0.1) is 24.3 Å². The molecule has 3 atom stereocenters. The Kier molecular flexibility index (Phi) is 6.49. The highest BCUT2D eigenvalue weighted by Crippen LogP contribution is 2.27. The summed E-state index contributed by atoms with van der Waals surface area (Å²) in [5, 5.41) is 17.8. The Morgan fingerprint density at radius 2 is 2.14 bits per heavy atom. The topological polar surface area (TPSA) is 103 Å². The third kappa shape index (κ3) is 4.61. The minimum absolute atomic E-state index is 0.107. The molecule has 2 fully saturated rings. The molecule has 0 bridgehead atoms. The number of cyclic esters (lactones) is 1. The van der Waals surface area contributed by atoms with Crippen LogP contribution in [-0.2, 0) is 14.3 Å². The van der Waals surface area contributed by atoms with Crippen LogP contribution in [0.3, 0.4) is 0 Å². The van der Waals surface area contributed by atoms with Crippen molar-refractivity contribution < 1.29 is 24.2 Å². The Labute approximate surface area is 164 Å². The number of amides is 1. The number of piperidine rings is 1. The second-order valence-electron chi connectivity index (χ2n) is 7.13. The molecule has 1 aromatic carbocycles. The maximum absolute atomic E-state index is 12.3. The maximum atomic E-state index is 12.3. The molecule has 3 rings (SSSR count). The van der Waals surface area contributed by atoms with Crippen molar-refractivity contribution in [2.45, 2.75) is 44.4 Å². The van der Waals surface area contributed by atoms with Crippen molar-refractivity contribution in [3.63, 3.8) is 0 Å². The highest BCUT2D eigenvalue weighted by molar-refractivity contribution is 5.89. The van der Waals surface area contributed by atoms with Crippen molar-refractivity contribution in [1.29, 1.82) is 5.26 Å². The van der Waals surface area contributed by atoms with E-state index >= 15 is 0 Å². The number of nitrogens with zero attached hydrogens (tertiary/aromatic N) is 3. The number of hydrogen-bond donors (Lipinski definition) is 1. The number of ether oxygens (including phenoxy) is 2. The Morgan fingerprint density at radius 1 is 1.39 bits per heavy atom. The van der Waals surface area contributed by atoms with Crippen molar-refractivity contribution in [3.8, 4) is 6.07 Å². The minimum atomic E-state index is -0.963. The van der Waals surface area contributed by atoms with Gasteiger partial charge in [0, 0.05) is 18.3 Å². The van der Waals surface area contributed by atoms with Crippen molar-refractivity contribution >= 4 is 17.7 Å². The van der Waals surface area contributed by atoms with Crippen LogP contribution in [0.4, 0.5) is 10.5 Å². The van der Waals surface area contributed by atoms with Gasteiger partial charge in [0.1, 0.15) is 12.7 Å². The summed E-state index contributed by atoms with van der Waals surface area (Å²) in [6.07, 6.45) is 1.81. The average Bonchev–Trinajstić information content (AvgIpc) is 3.06. The number of nitriles is 1. The molecule has 0 radical (unpaired) electrons. The number of carbonyl (C=O) groups excluding carboxylic acids is 1. The second kappa shape index (κ2) is 9.04. The number of aliphatic carboxylic acids is 1. The summed E-state index contributed by atoms with van der Waals surface area (Å²) < 4.78 is 11.1. The lowest BCUT2D eigenvalue weighted by atomic mass is 9.96. The molecule has 2 aliphatic heterocycles. The van der Waals surface area contributed by atoms with Crippen LogP contribution in [0.15, 0.2) is 24.3 Å². The van der Waals surface area contributed by atoms with Gasteiger partial charge in [0.2, 0.25) is 0 Å². The molecule has 150 valence electrons. The molecule has 8 heteroatoms. The van der Waals surface area contributed by atoms with E-state index in [9.17, 15) is 9.59 Å². The van der Waals surface area contributed by atoms with Crippen LogP contribution in [0.5, 0.6) is 0 Å². The molecule has 2 heterocycles. The van der Waals surface area contributed by atoms with E-state index in [0.717, 1.165) is 25.8 Å². The summed E-state index contributed by atoms with van der Waals surface area (Å²) >= 11 is 0. The van der Waals surface area contributed by atoms with Gasteiger partial charge in [-0.25, -0.2) is 9.59 Å². The van der Waals surface area contributed by atoms with E-state index in [0.29, 0.717) is 24.3 Å². The molecule has 0 saturated carbocycles. The second-order valence-corrected chi connectivity index (χ2v) is 7.13. The van der Waals surface area contributed by atoms with E-state index in [1.807, 2.05) is 0 Å². The molecular formula is C20H25N3O5. The molecule has 1 aromatic rings. The fourth-order valence-electron chi connectivity index (χ4n) is 4.01. The monoisotopic (exact) mass is 387 g/mol. The van der Waals surface area contributed by atoms with Crippen molar-refractivity contribution in [1.82, 2.24) is 4.90 Å². The van der Waals surface area contributed by atoms with Gasteiger partial charge in [-0.1, -0.05) is 6.92 Å². The number of carboxylic acid groups (broad SMARTS) is 1. The third-order valence-corrected chi connectivity index (χ3v) is 5.29. The summed E-state index contributed by atoms with van der Waals surface area (Å²) in [4.78, 5) is 27.0. The Hall–Kier alpha value is -2.63. The number of likely N-dealkylation sites (tertiary alicyclic amines) is 1.